The molecule has 2 atom stereocenters. The molecule has 3 heteroatoms. The van der Waals surface area contributed by atoms with Crippen LogP contribution in [0.1, 0.15) is 26.2 Å². The Balaban J connectivity index is 2.04. The molecular weight excluding hydrogens is 234 g/mol. The number of ether oxygens (including phenoxy) is 1. The minimum Gasteiger partial charge on any atom is -0.489 e. The van der Waals surface area contributed by atoms with Gasteiger partial charge >= 0.3 is 0 Å². The third kappa shape index (κ3) is 3.36. The maximum atomic E-state index is 6.13. The third-order valence-electron chi connectivity index (χ3n) is 3.31. The highest BCUT2D eigenvalue weighted by molar-refractivity contribution is 6.32. The van der Waals surface area contributed by atoms with Crippen molar-refractivity contribution in [1.82, 2.24) is 5.32 Å². The summed E-state index contributed by atoms with van der Waals surface area (Å²) >= 11 is 6.13. The molecule has 94 valence electrons. The largest absolute Gasteiger partial charge is 0.489 e. The van der Waals surface area contributed by atoms with E-state index in [0.717, 1.165) is 31.7 Å². The van der Waals surface area contributed by atoms with Gasteiger partial charge in [0.15, 0.2) is 0 Å². The highest BCUT2D eigenvalue weighted by Crippen LogP contribution is 2.28. The Morgan fingerprint density at radius 1 is 1.47 bits per heavy atom. The van der Waals surface area contributed by atoms with E-state index in [4.69, 9.17) is 16.3 Å². The molecule has 1 aliphatic heterocycles. The monoisotopic (exact) mass is 253 g/mol. The lowest BCUT2D eigenvalue weighted by Gasteiger charge is -2.24. The first-order valence-electron chi connectivity index (χ1n) is 6.43. The molecule has 0 spiro atoms. The second kappa shape index (κ2) is 6.27. The Morgan fingerprint density at radius 2 is 2.29 bits per heavy atom. The van der Waals surface area contributed by atoms with Crippen LogP contribution < -0.4 is 10.1 Å². The van der Waals surface area contributed by atoms with E-state index in [1.54, 1.807) is 0 Å². The van der Waals surface area contributed by atoms with Crippen LogP contribution in [-0.2, 0) is 0 Å². The number of halogens is 1. The smallest absolute Gasteiger partial charge is 0.138 e. The van der Waals surface area contributed by atoms with Gasteiger partial charge in [0.05, 0.1) is 5.02 Å². The summed E-state index contributed by atoms with van der Waals surface area (Å²) in [6.07, 6.45) is 3.73. The topological polar surface area (TPSA) is 21.3 Å². The van der Waals surface area contributed by atoms with Gasteiger partial charge in [-0.3, -0.25) is 0 Å². The normalized spacial score (nSPS) is 21.4. The molecule has 1 fully saturated rings. The van der Waals surface area contributed by atoms with Crippen molar-refractivity contribution in [1.29, 1.82) is 0 Å². The number of benzene rings is 1. The van der Waals surface area contributed by atoms with Gasteiger partial charge in [-0.05, 0) is 31.5 Å². The molecule has 0 amide bonds. The standard InChI is InChI=1S/C14H20ClNO/c1-2-5-13(11-8-9-16-10-11)17-14-7-4-3-6-12(14)15/h3-4,6-7,11,13,16H,2,5,8-10H2,1H3/t11-,13+/m1/s1. The van der Waals surface area contributed by atoms with Crippen molar-refractivity contribution in [3.05, 3.63) is 29.3 Å². The second-order valence-corrected chi connectivity index (χ2v) is 5.04. The van der Waals surface area contributed by atoms with E-state index >= 15 is 0 Å². The number of rotatable bonds is 5. The van der Waals surface area contributed by atoms with Gasteiger partial charge in [0.2, 0.25) is 0 Å². The molecule has 1 aliphatic rings. The van der Waals surface area contributed by atoms with Gasteiger partial charge in [-0.1, -0.05) is 37.1 Å². The Hall–Kier alpha value is -0.730. The summed E-state index contributed by atoms with van der Waals surface area (Å²) in [5.74, 6) is 1.44. The fraction of sp³-hybridized carbons (Fsp3) is 0.571. The molecule has 0 bridgehead atoms. The van der Waals surface area contributed by atoms with Crippen LogP contribution in [0.3, 0.4) is 0 Å². The van der Waals surface area contributed by atoms with Crippen molar-refractivity contribution in [2.75, 3.05) is 13.1 Å². The van der Waals surface area contributed by atoms with Crippen molar-refractivity contribution in [3.8, 4) is 5.75 Å². The summed E-state index contributed by atoms with van der Waals surface area (Å²) in [6.45, 7) is 4.37. The predicted molar refractivity (Wildman–Crippen MR) is 71.8 cm³/mol. The van der Waals surface area contributed by atoms with Crippen molar-refractivity contribution in [2.45, 2.75) is 32.3 Å². The zero-order valence-electron chi connectivity index (χ0n) is 10.3. The lowest BCUT2D eigenvalue weighted by Crippen LogP contribution is -2.28. The van der Waals surface area contributed by atoms with Crippen molar-refractivity contribution in [2.24, 2.45) is 5.92 Å². The molecule has 0 saturated carbocycles. The van der Waals surface area contributed by atoms with Crippen LogP contribution in [0.5, 0.6) is 5.75 Å². The van der Waals surface area contributed by atoms with E-state index in [2.05, 4.69) is 12.2 Å². The van der Waals surface area contributed by atoms with Gasteiger partial charge in [0, 0.05) is 12.5 Å². The maximum absolute atomic E-state index is 6.13. The summed E-state index contributed by atoms with van der Waals surface area (Å²) in [6, 6.07) is 7.73. The highest BCUT2D eigenvalue weighted by Gasteiger charge is 2.26. The van der Waals surface area contributed by atoms with Crippen LogP contribution in [-0.4, -0.2) is 19.2 Å². The van der Waals surface area contributed by atoms with E-state index < -0.39 is 0 Å². The first-order chi connectivity index (χ1) is 8.31. The minimum absolute atomic E-state index is 0.287. The second-order valence-electron chi connectivity index (χ2n) is 4.63. The van der Waals surface area contributed by atoms with Gasteiger partial charge in [-0.25, -0.2) is 0 Å². The average molecular weight is 254 g/mol. The molecule has 0 aliphatic carbocycles. The molecular formula is C14H20ClNO. The van der Waals surface area contributed by atoms with E-state index in [1.165, 1.54) is 6.42 Å². The van der Waals surface area contributed by atoms with Gasteiger partial charge in [0.1, 0.15) is 11.9 Å². The summed E-state index contributed by atoms with van der Waals surface area (Å²) < 4.78 is 6.10. The number of para-hydroxylation sites is 1. The summed E-state index contributed by atoms with van der Waals surface area (Å²) in [5.41, 5.74) is 0. The first kappa shape index (κ1) is 12.7. The SMILES string of the molecule is CCC[C@H](Oc1ccccc1Cl)[C@@H]1CCNC1. The molecule has 0 radical (unpaired) electrons. The number of hydrogen-bond donors (Lipinski definition) is 1. The summed E-state index contributed by atoms with van der Waals surface area (Å²) in [7, 11) is 0. The van der Waals surface area contributed by atoms with Crippen LogP contribution >= 0.6 is 11.6 Å². The Labute approximate surface area is 108 Å². The van der Waals surface area contributed by atoms with Crippen molar-refractivity contribution < 1.29 is 4.74 Å². The lowest BCUT2D eigenvalue weighted by atomic mass is 9.97. The van der Waals surface area contributed by atoms with Crippen LogP contribution in [0.2, 0.25) is 5.02 Å². The van der Waals surface area contributed by atoms with E-state index in [-0.39, 0.29) is 6.10 Å². The van der Waals surface area contributed by atoms with Crippen LogP contribution in [0.4, 0.5) is 0 Å². The summed E-state index contributed by atoms with van der Waals surface area (Å²) in [5, 5.41) is 4.11. The molecule has 2 rings (SSSR count). The fourth-order valence-electron chi connectivity index (χ4n) is 2.37. The fourth-order valence-corrected chi connectivity index (χ4v) is 2.55. The van der Waals surface area contributed by atoms with Crippen LogP contribution in [0.15, 0.2) is 24.3 Å². The quantitative estimate of drug-likeness (QED) is 0.867. The van der Waals surface area contributed by atoms with E-state index in [0.29, 0.717) is 10.9 Å². The van der Waals surface area contributed by atoms with Gasteiger partial charge < -0.3 is 10.1 Å². The minimum atomic E-state index is 0.287. The van der Waals surface area contributed by atoms with Gasteiger partial charge in [-0.2, -0.15) is 0 Å². The van der Waals surface area contributed by atoms with Crippen molar-refractivity contribution in [3.63, 3.8) is 0 Å². The molecule has 0 unspecified atom stereocenters. The van der Waals surface area contributed by atoms with Crippen LogP contribution in [0, 0.1) is 5.92 Å². The molecule has 0 aromatic heterocycles. The maximum Gasteiger partial charge on any atom is 0.138 e. The lowest BCUT2D eigenvalue weighted by molar-refractivity contribution is 0.132. The molecule has 17 heavy (non-hydrogen) atoms. The molecule has 1 saturated heterocycles. The average Bonchev–Trinajstić information content (AvgIpc) is 2.85. The van der Waals surface area contributed by atoms with Gasteiger partial charge in [-0.15, -0.1) is 0 Å². The Bertz CT molecular complexity index is 350. The van der Waals surface area contributed by atoms with Crippen molar-refractivity contribution >= 4 is 11.6 Å². The zero-order chi connectivity index (χ0) is 12.1. The predicted octanol–water partition coefficient (Wildman–Crippen LogP) is 3.50. The van der Waals surface area contributed by atoms with E-state index in [1.807, 2.05) is 24.3 Å². The number of nitrogens with one attached hydrogen (secondary N) is 1. The van der Waals surface area contributed by atoms with Crippen LogP contribution in [0.25, 0.3) is 0 Å². The molecule has 2 nitrogen and oxygen atoms in total. The third-order valence-corrected chi connectivity index (χ3v) is 3.62. The molecule has 1 aromatic rings. The first-order valence-corrected chi connectivity index (χ1v) is 6.81. The molecule has 1 N–H and O–H groups in total. The number of hydrogen-bond acceptors (Lipinski definition) is 2. The Morgan fingerprint density at radius 3 is 2.94 bits per heavy atom. The zero-order valence-corrected chi connectivity index (χ0v) is 11.0. The molecule has 1 heterocycles. The van der Waals surface area contributed by atoms with E-state index in [9.17, 15) is 0 Å². The summed E-state index contributed by atoms with van der Waals surface area (Å²) in [4.78, 5) is 0. The van der Waals surface area contributed by atoms with Gasteiger partial charge in [0.25, 0.3) is 0 Å². The molecule has 1 aromatic carbocycles. The highest BCUT2D eigenvalue weighted by atomic mass is 35.5. The Kier molecular flexibility index (Phi) is 4.69.